The summed E-state index contributed by atoms with van der Waals surface area (Å²) in [5.41, 5.74) is 0.347. The van der Waals surface area contributed by atoms with Crippen molar-refractivity contribution in [2.75, 3.05) is 25.0 Å². The number of nitrogens with one attached hydrogen (secondary N) is 1. The van der Waals surface area contributed by atoms with Gasteiger partial charge < -0.3 is 5.32 Å². The maximum Gasteiger partial charge on any atom is 0.244 e. The molecule has 0 unspecified atom stereocenters. The molecule has 5 nitrogen and oxygen atoms in total. The second-order valence-electron chi connectivity index (χ2n) is 7.22. The second-order valence-corrected chi connectivity index (χ2v) is 9.15. The lowest BCUT2D eigenvalue weighted by molar-refractivity contribution is 0.346. The Labute approximate surface area is 139 Å². The van der Waals surface area contributed by atoms with Crippen molar-refractivity contribution in [3.63, 3.8) is 0 Å². The normalized spacial score (nSPS) is 22.1. The summed E-state index contributed by atoms with van der Waals surface area (Å²) in [7, 11) is -3.38. The first-order valence-electron chi connectivity index (χ1n) is 8.70. The minimum absolute atomic E-state index is 0.303. The van der Waals surface area contributed by atoms with Crippen LogP contribution < -0.4 is 5.32 Å². The van der Waals surface area contributed by atoms with Gasteiger partial charge in [0.2, 0.25) is 10.0 Å². The maximum absolute atomic E-state index is 12.6. The van der Waals surface area contributed by atoms with Crippen molar-refractivity contribution in [3.8, 4) is 0 Å². The SMILES string of the molecule is CC1(CNc2ccc(S(=O)(=O)N3CCCCC3)cn2)CCCC1. The van der Waals surface area contributed by atoms with Crippen molar-refractivity contribution >= 4 is 15.8 Å². The third kappa shape index (κ3) is 3.86. The van der Waals surface area contributed by atoms with Gasteiger partial charge >= 0.3 is 0 Å². The van der Waals surface area contributed by atoms with E-state index in [2.05, 4.69) is 17.2 Å². The van der Waals surface area contributed by atoms with E-state index in [0.717, 1.165) is 31.6 Å². The summed E-state index contributed by atoms with van der Waals surface area (Å²) in [6, 6.07) is 3.46. The molecule has 1 saturated carbocycles. The van der Waals surface area contributed by atoms with E-state index in [9.17, 15) is 8.42 Å². The van der Waals surface area contributed by atoms with Gasteiger partial charge in [0, 0.05) is 25.8 Å². The fourth-order valence-electron chi connectivity index (χ4n) is 3.60. The molecular weight excluding hydrogens is 310 g/mol. The van der Waals surface area contributed by atoms with Crippen molar-refractivity contribution in [2.45, 2.75) is 56.8 Å². The van der Waals surface area contributed by atoms with Gasteiger partial charge in [-0.25, -0.2) is 13.4 Å². The highest BCUT2D eigenvalue weighted by Gasteiger charge is 2.29. The fraction of sp³-hybridized carbons (Fsp3) is 0.706. The number of hydrogen-bond acceptors (Lipinski definition) is 4. The molecule has 2 heterocycles. The van der Waals surface area contributed by atoms with E-state index < -0.39 is 10.0 Å². The van der Waals surface area contributed by atoms with Gasteiger partial charge in [0.15, 0.2) is 0 Å². The summed E-state index contributed by atoms with van der Waals surface area (Å²) in [5.74, 6) is 0.760. The van der Waals surface area contributed by atoms with Crippen LogP contribution in [0.25, 0.3) is 0 Å². The molecule has 0 radical (unpaired) electrons. The van der Waals surface area contributed by atoms with E-state index in [4.69, 9.17) is 0 Å². The zero-order valence-corrected chi connectivity index (χ0v) is 14.7. The Kier molecular flexibility index (Phi) is 4.92. The Morgan fingerprint density at radius 3 is 2.43 bits per heavy atom. The molecule has 2 fully saturated rings. The van der Waals surface area contributed by atoms with Gasteiger partial charge in [-0.05, 0) is 43.2 Å². The molecule has 0 amide bonds. The van der Waals surface area contributed by atoms with Crippen LogP contribution in [0.4, 0.5) is 5.82 Å². The lowest BCUT2D eigenvalue weighted by atomic mass is 9.89. The Hall–Kier alpha value is -1.14. The van der Waals surface area contributed by atoms with Crippen molar-refractivity contribution < 1.29 is 8.42 Å². The molecule has 1 saturated heterocycles. The van der Waals surface area contributed by atoms with Crippen LogP contribution in [0.5, 0.6) is 0 Å². The topological polar surface area (TPSA) is 62.3 Å². The van der Waals surface area contributed by atoms with Crippen LogP contribution in [0.3, 0.4) is 0 Å². The fourth-order valence-corrected chi connectivity index (χ4v) is 5.06. The van der Waals surface area contributed by atoms with Gasteiger partial charge in [-0.3, -0.25) is 0 Å². The standard InChI is InChI=1S/C17H27N3O2S/c1-17(9-3-4-10-17)14-19-16-8-7-15(13-18-16)23(21,22)20-11-5-2-6-12-20/h7-8,13H,2-6,9-12,14H2,1H3,(H,18,19). The Morgan fingerprint density at radius 1 is 1.13 bits per heavy atom. The molecule has 1 aromatic rings. The van der Waals surface area contributed by atoms with Crippen molar-refractivity contribution in [2.24, 2.45) is 5.41 Å². The largest absolute Gasteiger partial charge is 0.370 e. The summed E-state index contributed by atoms with van der Waals surface area (Å²) < 4.78 is 26.7. The number of nitrogens with zero attached hydrogens (tertiary/aromatic N) is 2. The number of aromatic nitrogens is 1. The van der Waals surface area contributed by atoms with E-state index in [1.54, 1.807) is 16.4 Å². The highest BCUT2D eigenvalue weighted by atomic mass is 32.2. The van der Waals surface area contributed by atoms with E-state index in [1.165, 1.54) is 31.9 Å². The van der Waals surface area contributed by atoms with Gasteiger partial charge in [0.25, 0.3) is 0 Å². The van der Waals surface area contributed by atoms with E-state index in [0.29, 0.717) is 23.4 Å². The number of anilines is 1. The molecule has 0 atom stereocenters. The van der Waals surface area contributed by atoms with Gasteiger partial charge in [-0.2, -0.15) is 4.31 Å². The summed E-state index contributed by atoms with van der Waals surface area (Å²) in [6.07, 6.45) is 9.62. The van der Waals surface area contributed by atoms with Crippen LogP contribution in [0, 0.1) is 5.41 Å². The maximum atomic E-state index is 12.6. The minimum atomic E-state index is -3.38. The Bertz CT molecular complexity index is 616. The van der Waals surface area contributed by atoms with Crippen LogP contribution in [-0.4, -0.2) is 37.3 Å². The number of rotatable bonds is 5. The number of sulfonamides is 1. The van der Waals surface area contributed by atoms with E-state index in [1.807, 2.05) is 0 Å². The molecular formula is C17H27N3O2S. The molecule has 6 heteroatoms. The average molecular weight is 337 g/mol. The van der Waals surface area contributed by atoms with Gasteiger partial charge in [0.05, 0.1) is 0 Å². The van der Waals surface area contributed by atoms with Crippen molar-refractivity contribution in [1.29, 1.82) is 0 Å². The summed E-state index contributed by atoms with van der Waals surface area (Å²) in [5, 5.41) is 3.37. The Balaban J connectivity index is 1.64. The third-order valence-corrected chi connectivity index (χ3v) is 7.08. The molecule has 0 bridgehead atoms. The van der Waals surface area contributed by atoms with Gasteiger partial charge in [-0.1, -0.05) is 26.2 Å². The minimum Gasteiger partial charge on any atom is -0.370 e. The first kappa shape index (κ1) is 16.7. The first-order chi connectivity index (χ1) is 11.0. The molecule has 0 spiro atoms. The van der Waals surface area contributed by atoms with Crippen LogP contribution >= 0.6 is 0 Å². The average Bonchev–Trinajstić information content (AvgIpc) is 3.01. The van der Waals surface area contributed by atoms with E-state index in [-0.39, 0.29) is 0 Å². The van der Waals surface area contributed by atoms with E-state index >= 15 is 0 Å². The molecule has 2 aliphatic rings. The predicted molar refractivity (Wildman–Crippen MR) is 91.9 cm³/mol. The first-order valence-corrected chi connectivity index (χ1v) is 10.1. The lowest BCUT2D eigenvalue weighted by Gasteiger charge is -2.26. The zero-order chi connectivity index (χ0) is 16.3. The molecule has 128 valence electrons. The van der Waals surface area contributed by atoms with Crippen LogP contribution in [0.1, 0.15) is 51.9 Å². The lowest BCUT2D eigenvalue weighted by Crippen LogP contribution is -2.35. The summed E-state index contributed by atoms with van der Waals surface area (Å²) in [6.45, 7) is 4.46. The molecule has 23 heavy (non-hydrogen) atoms. The molecule has 1 aromatic heterocycles. The quantitative estimate of drug-likeness (QED) is 0.896. The highest BCUT2D eigenvalue weighted by molar-refractivity contribution is 7.89. The van der Waals surface area contributed by atoms with Gasteiger partial charge in [0.1, 0.15) is 10.7 Å². The predicted octanol–water partition coefficient (Wildman–Crippen LogP) is 3.25. The third-order valence-electron chi connectivity index (χ3n) is 5.20. The van der Waals surface area contributed by atoms with Crippen molar-refractivity contribution in [1.82, 2.24) is 9.29 Å². The molecule has 1 N–H and O–H groups in total. The van der Waals surface area contributed by atoms with Crippen LogP contribution in [0.15, 0.2) is 23.2 Å². The zero-order valence-electron chi connectivity index (χ0n) is 13.9. The number of piperidine rings is 1. The second kappa shape index (κ2) is 6.77. The summed E-state index contributed by atoms with van der Waals surface area (Å²) in [4.78, 5) is 4.62. The van der Waals surface area contributed by atoms with Crippen molar-refractivity contribution in [3.05, 3.63) is 18.3 Å². The molecule has 0 aromatic carbocycles. The van der Waals surface area contributed by atoms with Gasteiger partial charge in [-0.15, -0.1) is 0 Å². The van der Waals surface area contributed by atoms with Crippen LogP contribution in [0.2, 0.25) is 0 Å². The molecule has 3 rings (SSSR count). The molecule has 1 aliphatic carbocycles. The number of pyridine rings is 1. The summed E-state index contributed by atoms with van der Waals surface area (Å²) >= 11 is 0. The smallest absolute Gasteiger partial charge is 0.244 e. The van der Waals surface area contributed by atoms with Crippen LogP contribution in [-0.2, 0) is 10.0 Å². The Morgan fingerprint density at radius 2 is 1.83 bits per heavy atom. The highest BCUT2D eigenvalue weighted by Crippen LogP contribution is 2.37. The number of hydrogen-bond donors (Lipinski definition) is 1. The molecule has 1 aliphatic heterocycles. The monoisotopic (exact) mass is 337 g/mol.